The second-order valence-corrected chi connectivity index (χ2v) is 3.82. The normalized spacial score (nSPS) is 10.4. The van der Waals surface area contributed by atoms with Crippen LogP contribution in [0.15, 0.2) is 36.4 Å². The molecule has 0 bridgehead atoms. The second-order valence-electron chi connectivity index (χ2n) is 3.82. The Bertz CT molecular complexity index is 500. The van der Waals surface area contributed by atoms with Gasteiger partial charge in [-0.15, -0.1) is 0 Å². The van der Waals surface area contributed by atoms with Gasteiger partial charge in [-0.3, -0.25) is 0 Å². The first-order chi connectivity index (χ1) is 8.06. The summed E-state index contributed by atoms with van der Waals surface area (Å²) in [6, 6.07) is 9.09. The van der Waals surface area contributed by atoms with Crippen LogP contribution in [0.2, 0.25) is 0 Å². The molecule has 2 aromatic carbocycles. The molecule has 2 rings (SSSR count). The van der Waals surface area contributed by atoms with Gasteiger partial charge in [-0.25, -0.2) is 0 Å². The molecule has 0 spiro atoms. The van der Waals surface area contributed by atoms with E-state index in [-0.39, 0.29) is 23.0 Å². The van der Waals surface area contributed by atoms with Crippen LogP contribution >= 0.6 is 0 Å². The molecule has 0 heterocycles. The topological polar surface area (TPSA) is 80.9 Å². The zero-order chi connectivity index (χ0) is 12.4. The van der Waals surface area contributed by atoms with Crippen LogP contribution in [0.4, 0.5) is 0 Å². The lowest BCUT2D eigenvalue weighted by Gasteiger charge is -2.05. The minimum atomic E-state index is -0.175. The molecular weight excluding hydrogens is 220 g/mol. The highest BCUT2D eigenvalue weighted by molar-refractivity contribution is 5.45. The van der Waals surface area contributed by atoms with E-state index in [0.717, 1.165) is 11.1 Å². The van der Waals surface area contributed by atoms with E-state index >= 15 is 0 Å². The van der Waals surface area contributed by atoms with Crippen molar-refractivity contribution in [3.63, 3.8) is 0 Å². The second kappa shape index (κ2) is 4.25. The molecule has 0 fully saturated rings. The van der Waals surface area contributed by atoms with Crippen LogP contribution in [0.25, 0.3) is 0 Å². The Morgan fingerprint density at radius 2 is 1.00 bits per heavy atom. The predicted molar refractivity (Wildman–Crippen MR) is 62.3 cm³/mol. The highest BCUT2D eigenvalue weighted by atomic mass is 16.3. The summed E-state index contributed by atoms with van der Waals surface area (Å²) < 4.78 is 0. The highest BCUT2D eigenvalue weighted by Gasteiger charge is 2.04. The summed E-state index contributed by atoms with van der Waals surface area (Å²) in [4.78, 5) is 0. The number of phenols is 4. The SMILES string of the molecule is Oc1ccc(Cc2ccc(O)c(O)c2)cc1O. The molecule has 2 aromatic rings. The molecule has 4 N–H and O–H groups in total. The van der Waals surface area contributed by atoms with Gasteiger partial charge < -0.3 is 20.4 Å². The van der Waals surface area contributed by atoms with Crippen molar-refractivity contribution in [2.45, 2.75) is 6.42 Å². The maximum atomic E-state index is 9.34. The van der Waals surface area contributed by atoms with Gasteiger partial charge in [-0.05, 0) is 41.8 Å². The monoisotopic (exact) mass is 232 g/mol. The van der Waals surface area contributed by atoms with Gasteiger partial charge in [0.1, 0.15) is 0 Å². The van der Waals surface area contributed by atoms with Gasteiger partial charge in [0.15, 0.2) is 23.0 Å². The minimum absolute atomic E-state index is 0.165. The van der Waals surface area contributed by atoms with Crippen LogP contribution in [0.5, 0.6) is 23.0 Å². The number of phenolic OH excluding ortho intramolecular Hbond substituents is 4. The maximum absolute atomic E-state index is 9.34. The first-order valence-corrected chi connectivity index (χ1v) is 5.08. The molecule has 0 atom stereocenters. The van der Waals surface area contributed by atoms with Crippen LogP contribution in [0.1, 0.15) is 11.1 Å². The molecule has 0 saturated carbocycles. The van der Waals surface area contributed by atoms with Gasteiger partial charge in [0.05, 0.1) is 0 Å². The molecule has 4 nitrogen and oxygen atoms in total. The van der Waals surface area contributed by atoms with Crippen LogP contribution < -0.4 is 0 Å². The number of benzene rings is 2. The number of aromatic hydroxyl groups is 4. The van der Waals surface area contributed by atoms with Crippen LogP contribution in [-0.2, 0) is 6.42 Å². The van der Waals surface area contributed by atoms with Crippen molar-refractivity contribution in [3.05, 3.63) is 47.5 Å². The molecule has 0 amide bonds. The number of rotatable bonds is 2. The summed E-state index contributed by atoms with van der Waals surface area (Å²) in [6.07, 6.45) is 0.488. The van der Waals surface area contributed by atoms with Gasteiger partial charge in [-0.1, -0.05) is 12.1 Å². The lowest BCUT2D eigenvalue weighted by molar-refractivity contribution is 0.402. The molecule has 0 aliphatic carbocycles. The summed E-state index contributed by atoms with van der Waals surface area (Å²) in [7, 11) is 0. The zero-order valence-corrected chi connectivity index (χ0v) is 8.96. The minimum Gasteiger partial charge on any atom is -0.504 e. The average Bonchev–Trinajstić information content (AvgIpc) is 2.29. The Kier molecular flexibility index (Phi) is 2.78. The molecule has 0 aliphatic heterocycles. The Balaban J connectivity index is 2.25. The molecule has 0 unspecified atom stereocenters. The lowest BCUT2D eigenvalue weighted by Crippen LogP contribution is -1.87. The Labute approximate surface area is 98.0 Å². The van der Waals surface area contributed by atoms with Gasteiger partial charge in [0, 0.05) is 0 Å². The van der Waals surface area contributed by atoms with E-state index in [2.05, 4.69) is 0 Å². The van der Waals surface area contributed by atoms with E-state index in [4.69, 9.17) is 10.2 Å². The Morgan fingerprint density at radius 1 is 0.588 bits per heavy atom. The van der Waals surface area contributed by atoms with Crippen molar-refractivity contribution < 1.29 is 20.4 Å². The first-order valence-electron chi connectivity index (χ1n) is 5.08. The van der Waals surface area contributed by atoms with E-state index in [1.165, 1.54) is 24.3 Å². The van der Waals surface area contributed by atoms with Crippen molar-refractivity contribution in [2.24, 2.45) is 0 Å². The van der Waals surface area contributed by atoms with Crippen LogP contribution in [0.3, 0.4) is 0 Å². The summed E-state index contributed by atoms with van der Waals surface area (Å²) in [6.45, 7) is 0. The van der Waals surface area contributed by atoms with Gasteiger partial charge >= 0.3 is 0 Å². The van der Waals surface area contributed by atoms with E-state index < -0.39 is 0 Å². The van der Waals surface area contributed by atoms with E-state index in [9.17, 15) is 10.2 Å². The molecule has 4 heteroatoms. The summed E-state index contributed by atoms with van der Waals surface area (Å²) in [5.74, 6) is -0.680. The number of hydrogen-bond acceptors (Lipinski definition) is 4. The highest BCUT2D eigenvalue weighted by Crippen LogP contribution is 2.28. The quantitative estimate of drug-likeness (QED) is 0.598. The fraction of sp³-hybridized carbons (Fsp3) is 0.0769. The third-order valence-electron chi connectivity index (χ3n) is 2.49. The van der Waals surface area contributed by atoms with E-state index in [0.29, 0.717) is 6.42 Å². The maximum Gasteiger partial charge on any atom is 0.157 e. The third kappa shape index (κ3) is 2.42. The van der Waals surface area contributed by atoms with Gasteiger partial charge in [0.25, 0.3) is 0 Å². The molecule has 0 aliphatic rings. The predicted octanol–water partition coefficient (Wildman–Crippen LogP) is 2.10. The number of hydrogen-bond donors (Lipinski definition) is 4. The van der Waals surface area contributed by atoms with Gasteiger partial charge in [0.2, 0.25) is 0 Å². The summed E-state index contributed by atoms with van der Waals surface area (Å²) in [5, 5.41) is 37.0. The van der Waals surface area contributed by atoms with Gasteiger partial charge in [-0.2, -0.15) is 0 Å². The molecule has 88 valence electrons. The fourth-order valence-electron chi connectivity index (χ4n) is 1.59. The Hall–Kier alpha value is -2.36. The lowest BCUT2D eigenvalue weighted by atomic mass is 10.0. The first kappa shape index (κ1) is 11.1. The summed E-state index contributed by atoms with van der Waals surface area (Å²) >= 11 is 0. The molecule has 17 heavy (non-hydrogen) atoms. The Morgan fingerprint density at radius 3 is 1.35 bits per heavy atom. The van der Waals surface area contributed by atoms with Crippen molar-refractivity contribution in [2.75, 3.05) is 0 Å². The van der Waals surface area contributed by atoms with E-state index in [1.807, 2.05) is 0 Å². The summed E-state index contributed by atoms with van der Waals surface area (Å²) in [5.41, 5.74) is 1.59. The van der Waals surface area contributed by atoms with Crippen LogP contribution in [-0.4, -0.2) is 20.4 Å². The molecule has 0 aromatic heterocycles. The molecule has 0 radical (unpaired) electrons. The standard InChI is InChI=1S/C13H12O4/c14-10-3-1-8(6-12(10)16)5-9-2-4-11(15)13(17)7-9/h1-4,6-7,14-17H,5H2. The molecule has 0 saturated heterocycles. The average molecular weight is 232 g/mol. The van der Waals surface area contributed by atoms with Crippen LogP contribution in [0, 0.1) is 0 Å². The van der Waals surface area contributed by atoms with Crippen molar-refractivity contribution in [1.29, 1.82) is 0 Å². The van der Waals surface area contributed by atoms with Crippen molar-refractivity contribution in [1.82, 2.24) is 0 Å². The largest absolute Gasteiger partial charge is 0.504 e. The zero-order valence-electron chi connectivity index (χ0n) is 8.96. The smallest absolute Gasteiger partial charge is 0.157 e. The van der Waals surface area contributed by atoms with E-state index in [1.54, 1.807) is 12.1 Å². The third-order valence-corrected chi connectivity index (χ3v) is 2.49. The van der Waals surface area contributed by atoms with Crippen molar-refractivity contribution in [3.8, 4) is 23.0 Å². The fourth-order valence-corrected chi connectivity index (χ4v) is 1.59. The molecular formula is C13H12O4. The van der Waals surface area contributed by atoms with Crippen molar-refractivity contribution >= 4 is 0 Å².